The SMILES string of the molecule is Cc1nc(NCC(=O)NC2CNC2)c2cc(C(F)(F)F)ccc2n1. The minimum Gasteiger partial charge on any atom is -0.360 e. The number of nitrogens with zero attached hydrogens (tertiary/aromatic N) is 2. The van der Waals surface area contributed by atoms with Crippen LogP contribution in [0.5, 0.6) is 0 Å². The summed E-state index contributed by atoms with van der Waals surface area (Å²) in [6.45, 7) is 3.01. The number of aryl methyl sites for hydroxylation is 1. The van der Waals surface area contributed by atoms with Crippen LogP contribution in [0.15, 0.2) is 18.2 Å². The largest absolute Gasteiger partial charge is 0.416 e. The number of halogens is 3. The molecule has 1 fully saturated rings. The lowest BCUT2D eigenvalue weighted by Gasteiger charge is -2.28. The molecule has 3 rings (SSSR count). The number of carbonyl (C=O) groups is 1. The number of carbonyl (C=O) groups excluding carboxylic acids is 1. The summed E-state index contributed by atoms with van der Waals surface area (Å²) in [7, 11) is 0. The highest BCUT2D eigenvalue weighted by Gasteiger charge is 2.31. The molecule has 1 saturated heterocycles. The van der Waals surface area contributed by atoms with Crippen molar-refractivity contribution < 1.29 is 18.0 Å². The highest BCUT2D eigenvalue weighted by Crippen LogP contribution is 2.32. The summed E-state index contributed by atoms with van der Waals surface area (Å²) in [6.07, 6.45) is -4.45. The van der Waals surface area contributed by atoms with Gasteiger partial charge in [-0.25, -0.2) is 9.97 Å². The number of rotatable bonds is 4. The van der Waals surface area contributed by atoms with E-state index in [4.69, 9.17) is 0 Å². The standard InChI is InChI=1S/C15H16F3N5O/c1-8-21-12-3-2-9(15(16,17)18)4-11(12)14(22-8)20-7-13(24)23-10-5-19-6-10/h2-4,10,19H,5-7H2,1H3,(H,23,24)(H,20,21,22). The summed E-state index contributed by atoms with van der Waals surface area (Å²) in [6, 6.07) is 3.37. The molecular formula is C15H16F3N5O. The Hall–Kier alpha value is -2.42. The molecule has 1 aliphatic rings. The lowest BCUT2D eigenvalue weighted by molar-refractivity contribution is -0.137. The third-order valence-corrected chi connectivity index (χ3v) is 3.70. The topological polar surface area (TPSA) is 78.9 Å². The molecule has 128 valence electrons. The predicted molar refractivity (Wildman–Crippen MR) is 82.6 cm³/mol. The fourth-order valence-electron chi connectivity index (χ4n) is 2.39. The molecule has 3 N–H and O–H groups in total. The van der Waals surface area contributed by atoms with Gasteiger partial charge in [0.15, 0.2) is 0 Å². The summed E-state index contributed by atoms with van der Waals surface area (Å²) in [5, 5.41) is 8.87. The number of alkyl halides is 3. The molecule has 0 unspecified atom stereocenters. The average Bonchev–Trinajstić information content (AvgIpc) is 2.47. The van der Waals surface area contributed by atoms with Gasteiger partial charge in [-0.05, 0) is 25.1 Å². The van der Waals surface area contributed by atoms with Crippen molar-refractivity contribution in [2.24, 2.45) is 0 Å². The Morgan fingerprint density at radius 2 is 2.08 bits per heavy atom. The molecule has 1 amide bonds. The van der Waals surface area contributed by atoms with Gasteiger partial charge >= 0.3 is 6.18 Å². The van der Waals surface area contributed by atoms with Gasteiger partial charge in [-0.15, -0.1) is 0 Å². The Kier molecular flexibility index (Phi) is 4.27. The van der Waals surface area contributed by atoms with Gasteiger partial charge in [0.25, 0.3) is 0 Å². The first-order valence-corrected chi connectivity index (χ1v) is 7.42. The van der Waals surface area contributed by atoms with Crippen LogP contribution >= 0.6 is 0 Å². The van der Waals surface area contributed by atoms with Gasteiger partial charge in [-0.2, -0.15) is 13.2 Å². The van der Waals surface area contributed by atoms with E-state index in [-0.39, 0.29) is 29.7 Å². The highest BCUT2D eigenvalue weighted by atomic mass is 19.4. The van der Waals surface area contributed by atoms with Crippen LogP contribution < -0.4 is 16.0 Å². The van der Waals surface area contributed by atoms with E-state index in [1.807, 2.05) is 0 Å². The van der Waals surface area contributed by atoms with Crippen molar-refractivity contribution in [2.45, 2.75) is 19.1 Å². The first kappa shape index (κ1) is 16.4. The minimum absolute atomic E-state index is 0.0711. The van der Waals surface area contributed by atoms with Crippen LogP contribution in [-0.2, 0) is 11.0 Å². The van der Waals surface area contributed by atoms with Gasteiger partial charge < -0.3 is 16.0 Å². The van der Waals surface area contributed by atoms with Gasteiger partial charge in [-0.1, -0.05) is 0 Å². The fraction of sp³-hybridized carbons (Fsp3) is 0.400. The Morgan fingerprint density at radius 3 is 2.71 bits per heavy atom. The summed E-state index contributed by atoms with van der Waals surface area (Å²) in [4.78, 5) is 20.1. The van der Waals surface area contributed by atoms with Gasteiger partial charge in [0.1, 0.15) is 11.6 Å². The van der Waals surface area contributed by atoms with E-state index in [1.54, 1.807) is 6.92 Å². The maximum Gasteiger partial charge on any atom is 0.416 e. The van der Waals surface area contributed by atoms with Crippen LogP contribution in [-0.4, -0.2) is 41.6 Å². The molecule has 0 aliphatic carbocycles. The number of amides is 1. The number of nitrogens with one attached hydrogen (secondary N) is 3. The summed E-state index contributed by atoms with van der Waals surface area (Å²) in [5.41, 5.74) is -0.392. The molecule has 0 radical (unpaired) electrons. The average molecular weight is 339 g/mol. The molecule has 0 atom stereocenters. The van der Waals surface area contributed by atoms with Gasteiger partial charge in [0.05, 0.1) is 23.7 Å². The van der Waals surface area contributed by atoms with Crippen molar-refractivity contribution in [1.29, 1.82) is 0 Å². The molecule has 0 saturated carbocycles. The number of hydrogen-bond donors (Lipinski definition) is 3. The van der Waals surface area contributed by atoms with E-state index >= 15 is 0 Å². The normalized spacial score (nSPS) is 15.2. The van der Waals surface area contributed by atoms with Crippen LogP contribution in [0.25, 0.3) is 10.9 Å². The van der Waals surface area contributed by atoms with Crippen molar-refractivity contribution in [3.8, 4) is 0 Å². The third kappa shape index (κ3) is 3.56. The Labute approximate surface area is 135 Å². The molecule has 1 aromatic carbocycles. The zero-order valence-electron chi connectivity index (χ0n) is 12.9. The smallest absolute Gasteiger partial charge is 0.360 e. The zero-order chi connectivity index (χ0) is 17.3. The minimum atomic E-state index is -4.45. The second-order valence-corrected chi connectivity index (χ2v) is 5.63. The molecule has 9 heteroatoms. The summed E-state index contributed by atoms with van der Waals surface area (Å²) in [5.74, 6) is 0.386. The van der Waals surface area contributed by atoms with Gasteiger partial charge in [-0.3, -0.25) is 4.79 Å². The van der Waals surface area contributed by atoms with Crippen molar-refractivity contribution in [2.75, 3.05) is 25.0 Å². The molecular weight excluding hydrogens is 323 g/mol. The van der Waals surface area contributed by atoms with E-state index in [2.05, 4.69) is 25.9 Å². The predicted octanol–water partition coefficient (Wildman–Crippen LogP) is 1.46. The molecule has 1 aromatic heterocycles. The van der Waals surface area contributed by atoms with Gasteiger partial charge in [0, 0.05) is 18.5 Å². The number of aromatic nitrogens is 2. The third-order valence-electron chi connectivity index (χ3n) is 3.70. The molecule has 0 spiro atoms. The van der Waals surface area contributed by atoms with Crippen LogP contribution in [0.3, 0.4) is 0 Å². The molecule has 1 aliphatic heterocycles. The lowest BCUT2D eigenvalue weighted by Crippen LogP contribution is -2.57. The van der Waals surface area contributed by atoms with Crippen molar-refractivity contribution in [3.05, 3.63) is 29.6 Å². The van der Waals surface area contributed by atoms with E-state index in [9.17, 15) is 18.0 Å². The first-order valence-electron chi connectivity index (χ1n) is 7.42. The van der Waals surface area contributed by atoms with Crippen molar-refractivity contribution >= 4 is 22.6 Å². The second-order valence-electron chi connectivity index (χ2n) is 5.63. The quantitative estimate of drug-likeness (QED) is 0.786. The molecule has 2 heterocycles. The summed E-state index contributed by atoms with van der Waals surface area (Å²) < 4.78 is 38.7. The number of benzene rings is 1. The maximum atomic E-state index is 12.9. The molecule has 0 bridgehead atoms. The Bertz CT molecular complexity index is 774. The van der Waals surface area contributed by atoms with Crippen LogP contribution in [0, 0.1) is 6.92 Å². The van der Waals surface area contributed by atoms with Crippen molar-refractivity contribution in [1.82, 2.24) is 20.6 Å². The van der Waals surface area contributed by atoms with E-state index in [0.717, 1.165) is 25.2 Å². The zero-order valence-corrected chi connectivity index (χ0v) is 12.9. The second kappa shape index (κ2) is 6.23. The molecule has 2 aromatic rings. The van der Waals surface area contributed by atoms with E-state index in [1.165, 1.54) is 6.07 Å². The maximum absolute atomic E-state index is 12.9. The molecule has 24 heavy (non-hydrogen) atoms. The van der Waals surface area contributed by atoms with Crippen LogP contribution in [0.2, 0.25) is 0 Å². The monoisotopic (exact) mass is 339 g/mol. The summed E-state index contributed by atoms with van der Waals surface area (Å²) >= 11 is 0. The van der Waals surface area contributed by atoms with Crippen LogP contribution in [0.4, 0.5) is 19.0 Å². The number of hydrogen-bond acceptors (Lipinski definition) is 5. The van der Waals surface area contributed by atoms with E-state index < -0.39 is 11.7 Å². The van der Waals surface area contributed by atoms with E-state index in [0.29, 0.717) is 11.3 Å². The first-order chi connectivity index (χ1) is 11.3. The molecule has 6 nitrogen and oxygen atoms in total. The van der Waals surface area contributed by atoms with Crippen molar-refractivity contribution in [3.63, 3.8) is 0 Å². The fourth-order valence-corrected chi connectivity index (χ4v) is 2.39. The van der Waals surface area contributed by atoms with Crippen LogP contribution in [0.1, 0.15) is 11.4 Å². The number of anilines is 1. The highest BCUT2D eigenvalue weighted by molar-refractivity contribution is 5.91. The van der Waals surface area contributed by atoms with Gasteiger partial charge in [0.2, 0.25) is 5.91 Å². The lowest BCUT2D eigenvalue weighted by atomic mass is 10.1. The Morgan fingerprint density at radius 1 is 1.33 bits per heavy atom. The number of fused-ring (bicyclic) bond motifs is 1. The Balaban J connectivity index is 1.83.